The summed E-state index contributed by atoms with van der Waals surface area (Å²) in [7, 11) is 0. The first-order valence-corrected chi connectivity index (χ1v) is 8.16. The van der Waals surface area contributed by atoms with Gasteiger partial charge in [0.05, 0.1) is 0 Å². The Morgan fingerprint density at radius 3 is 2.52 bits per heavy atom. The number of benzene rings is 2. The van der Waals surface area contributed by atoms with Gasteiger partial charge in [-0.1, -0.05) is 56.9 Å². The molecule has 5 nitrogen and oxygen atoms in total. The molecule has 1 aromatic heterocycles. The second-order valence-corrected chi connectivity index (χ2v) is 6.51. The standard InChI is InChI=1S/C16H11BrClN5/c17-12-5-1-10(2-6-12)14-9-15(11-3-7-13(18)8-4-11)23-16(19-14)20-21-22-23/h1-9,15H,(H,19,20,22)/t15-/m0/s1. The van der Waals surface area contributed by atoms with Gasteiger partial charge in [0.25, 0.3) is 0 Å². The predicted molar refractivity (Wildman–Crippen MR) is 93.1 cm³/mol. The van der Waals surface area contributed by atoms with Crippen molar-refractivity contribution in [2.45, 2.75) is 6.04 Å². The van der Waals surface area contributed by atoms with Crippen LogP contribution in [0.2, 0.25) is 5.02 Å². The highest BCUT2D eigenvalue weighted by Crippen LogP contribution is 2.32. The zero-order valence-corrected chi connectivity index (χ0v) is 14.2. The highest BCUT2D eigenvalue weighted by atomic mass is 79.9. The molecule has 0 saturated heterocycles. The minimum Gasteiger partial charge on any atom is -0.323 e. The molecule has 1 aliphatic heterocycles. The summed E-state index contributed by atoms with van der Waals surface area (Å²) >= 11 is 9.45. The van der Waals surface area contributed by atoms with E-state index in [0.717, 1.165) is 21.3 Å². The summed E-state index contributed by atoms with van der Waals surface area (Å²) < 4.78 is 2.79. The highest BCUT2D eigenvalue weighted by molar-refractivity contribution is 9.10. The van der Waals surface area contributed by atoms with Crippen LogP contribution in [0.4, 0.5) is 5.95 Å². The van der Waals surface area contributed by atoms with E-state index >= 15 is 0 Å². The van der Waals surface area contributed by atoms with Gasteiger partial charge in [0.2, 0.25) is 5.95 Å². The average molecular weight is 389 g/mol. The van der Waals surface area contributed by atoms with Crippen LogP contribution in [0.25, 0.3) is 5.70 Å². The van der Waals surface area contributed by atoms with E-state index in [1.165, 1.54) is 0 Å². The summed E-state index contributed by atoms with van der Waals surface area (Å²) in [6, 6.07) is 15.7. The number of aromatic nitrogens is 4. The Hall–Kier alpha value is -2.18. The second-order valence-electron chi connectivity index (χ2n) is 5.16. The fraction of sp³-hybridized carbons (Fsp3) is 0.0625. The molecule has 0 bridgehead atoms. The largest absolute Gasteiger partial charge is 0.323 e. The second kappa shape index (κ2) is 5.79. The molecule has 7 heteroatoms. The Labute approximate surface area is 146 Å². The maximum absolute atomic E-state index is 5.99. The summed E-state index contributed by atoms with van der Waals surface area (Å²) in [6.07, 6.45) is 2.11. The van der Waals surface area contributed by atoms with E-state index in [9.17, 15) is 0 Å². The van der Waals surface area contributed by atoms with Gasteiger partial charge in [0, 0.05) is 15.2 Å². The molecule has 114 valence electrons. The van der Waals surface area contributed by atoms with E-state index < -0.39 is 0 Å². The molecule has 0 unspecified atom stereocenters. The molecule has 0 radical (unpaired) electrons. The summed E-state index contributed by atoms with van der Waals surface area (Å²) in [5.74, 6) is 0.616. The van der Waals surface area contributed by atoms with Gasteiger partial charge in [-0.05, 0) is 51.9 Å². The first kappa shape index (κ1) is 14.4. The summed E-state index contributed by atoms with van der Waals surface area (Å²) in [5, 5.41) is 15.9. The van der Waals surface area contributed by atoms with Gasteiger partial charge in [0.1, 0.15) is 6.04 Å². The minimum absolute atomic E-state index is 0.0860. The van der Waals surface area contributed by atoms with Gasteiger partial charge < -0.3 is 5.32 Å². The first-order valence-electron chi connectivity index (χ1n) is 6.99. The van der Waals surface area contributed by atoms with Crippen molar-refractivity contribution in [3.05, 3.63) is 75.2 Å². The van der Waals surface area contributed by atoms with Crippen LogP contribution in [-0.4, -0.2) is 20.2 Å². The molecule has 2 aromatic carbocycles. The topological polar surface area (TPSA) is 55.6 Å². The van der Waals surface area contributed by atoms with Gasteiger partial charge in [-0.2, -0.15) is 4.68 Å². The van der Waals surface area contributed by atoms with Crippen molar-refractivity contribution >= 4 is 39.2 Å². The number of fused-ring (bicyclic) bond motifs is 1. The summed E-state index contributed by atoms with van der Waals surface area (Å²) in [5.41, 5.74) is 3.11. The van der Waals surface area contributed by atoms with E-state index in [2.05, 4.69) is 42.8 Å². The number of nitrogens with zero attached hydrogens (tertiary/aromatic N) is 4. The molecule has 0 fully saturated rings. The van der Waals surface area contributed by atoms with E-state index in [4.69, 9.17) is 11.6 Å². The molecule has 0 saturated carbocycles. The Kier molecular flexibility index (Phi) is 3.63. The number of nitrogens with one attached hydrogen (secondary N) is 1. The fourth-order valence-electron chi connectivity index (χ4n) is 2.55. The molecule has 3 aromatic rings. The van der Waals surface area contributed by atoms with Crippen molar-refractivity contribution in [2.24, 2.45) is 0 Å². The zero-order chi connectivity index (χ0) is 15.8. The maximum Gasteiger partial charge on any atom is 0.248 e. The van der Waals surface area contributed by atoms with Crippen molar-refractivity contribution < 1.29 is 0 Å². The van der Waals surface area contributed by atoms with Gasteiger partial charge in [-0.15, -0.1) is 0 Å². The number of rotatable bonds is 2. The number of hydrogen-bond donors (Lipinski definition) is 1. The lowest BCUT2D eigenvalue weighted by atomic mass is 10.0. The molecular formula is C16H11BrClN5. The van der Waals surface area contributed by atoms with Crippen LogP contribution in [0.1, 0.15) is 17.2 Å². The van der Waals surface area contributed by atoms with Crippen LogP contribution in [-0.2, 0) is 0 Å². The SMILES string of the molecule is Clc1ccc([C@@H]2C=C(c3ccc(Br)cc3)Nc3nnnn32)cc1. The Bertz CT molecular complexity index is 870. The molecular weight excluding hydrogens is 378 g/mol. The molecule has 0 spiro atoms. The number of tetrazole rings is 1. The van der Waals surface area contributed by atoms with E-state index in [-0.39, 0.29) is 6.04 Å². The molecule has 1 N–H and O–H groups in total. The quantitative estimate of drug-likeness (QED) is 0.717. The molecule has 4 rings (SSSR count). The van der Waals surface area contributed by atoms with Crippen molar-refractivity contribution in [1.29, 1.82) is 0 Å². The van der Waals surface area contributed by atoms with Crippen LogP contribution in [0.3, 0.4) is 0 Å². The maximum atomic E-state index is 5.99. The van der Waals surface area contributed by atoms with Gasteiger partial charge in [-0.3, -0.25) is 0 Å². The van der Waals surface area contributed by atoms with Gasteiger partial charge in [0.15, 0.2) is 0 Å². The lowest BCUT2D eigenvalue weighted by Gasteiger charge is -2.23. The molecule has 2 heterocycles. The number of allylic oxidation sites excluding steroid dienone is 1. The number of anilines is 1. The molecule has 1 aliphatic rings. The van der Waals surface area contributed by atoms with E-state index in [1.807, 2.05) is 48.5 Å². The smallest absolute Gasteiger partial charge is 0.248 e. The fourth-order valence-corrected chi connectivity index (χ4v) is 2.94. The van der Waals surface area contributed by atoms with Gasteiger partial charge in [-0.25, -0.2) is 0 Å². The lowest BCUT2D eigenvalue weighted by Crippen LogP contribution is -2.20. The molecule has 1 atom stereocenters. The van der Waals surface area contributed by atoms with Crippen molar-refractivity contribution in [3.8, 4) is 0 Å². The van der Waals surface area contributed by atoms with Crippen LogP contribution in [0.15, 0.2) is 59.1 Å². The van der Waals surface area contributed by atoms with Crippen molar-refractivity contribution in [3.63, 3.8) is 0 Å². The summed E-state index contributed by atoms with van der Waals surface area (Å²) in [6.45, 7) is 0. The molecule has 0 amide bonds. The lowest BCUT2D eigenvalue weighted by molar-refractivity contribution is 0.586. The Morgan fingerprint density at radius 2 is 1.78 bits per heavy atom. The van der Waals surface area contributed by atoms with Crippen LogP contribution in [0.5, 0.6) is 0 Å². The third-order valence-corrected chi connectivity index (χ3v) is 4.47. The number of halogens is 2. The van der Waals surface area contributed by atoms with E-state index in [0.29, 0.717) is 11.0 Å². The van der Waals surface area contributed by atoms with Gasteiger partial charge >= 0.3 is 0 Å². The summed E-state index contributed by atoms with van der Waals surface area (Å²) in [4.78, 5) is 0. The number of hydrogen-bond acceptors (Lipinski definition) is 4. The van der Waals surface area contributed by atoms with E-state index in [1.54, 1.807) is 4.68 Å². The third-order valence-electron chi connectivity index (χ3n) is 3.69. The zero-order valence-electron chi connectivity index (χ0n) is 11.8. The minimum atomic E-state index is -0.0860. The normalized spacial score (nSPS) is 16.4. The Balaban J connectivity index is 1.79. The predicted octanol–water partition coefficient (Wildman–Crippen LogP) is 4.15. The third kappa shape index (κ3) is 2.75. The molecule has 0 aliphatic carbocycles. The highest BCUT2D eigenvalue weighted by Gasteiger charge is 2.24. The first-order chi connectivity index (χ1) is 11.2. The molecule has 23 heavy (non-hydrogen) atoms. The van der Waals surface area contributed by atoms with Crippen LogP contribution < -0.4 is 5.32 Å². The Morgan fingerprint density at radius 1 is 1.04 bits per heavy atom. The monoisotopic (exact) mass is 387 g/mol. The van der Waals surface area contributed by atoms with Crippen molar-refractivity contribution in [1.82, 2.24) is 20.2 Å². The van der Waals surface area contributed by atoms with Crippen LogP contribution in [0, 0.1) is 0 Å². The average Bonchev–Trinajstić information content (AvgIpc) is 3.04. The van der Waals surface area contributed by atoms with Crippen LogP contribution >= 0.6 is 27.5 Å². The van der Waals surface area contributed by atoms with Crippen molar-refractivity contribution in [2.75, 3.05) is 5.32 Å².